The number of hydrogen-bond donors (Lipinski definition) is 0. The Balaban J connectivity index is 2.00. The summed E-state index contributed by atoms with van der Waals surface area (Å²) in [6.45, 7) is 5.90. The molecule has 1 amide bonds. The van der Waals surface area contributed by atoms with Crippen LogP contribution in [0, 0.1) is 13.8 Å². The molecular weight excluding hydrogens is 334 g/mol. The fourth-order valence-corrected chi connectivity index (χ4v) is 3.82. The molecule has 0 saturated carbocycles. The first-order valence-electron chi connectivity index (χ1n) is 8.34. The number of Topliss-reactive ketones (excluding diaryl/α,β-unsaturated/α-hetero) is 1. The van der Waals surface area contributed by atoms with Crippen LogP contribution in [-0.2, 0) is 4.79 Å². The van der Waals surface area contributed by atoms with Gasteiger partial charge in [0.15, 0.2) is 5.78 Å². The van der Waals surface area contributed by atoms with Crippen LogP contribution in [0.15, 0.2) is 30.3 Å². The molecule has 0 spiro atoms. The van der Waals surface area contributed by atoms with Crippen molar-refractivity contribution >= 4 is 23.0 Å². The summed E-state index contributed by atoms with van der Waals surface area (Å²) < 4.78 is 5.38. The lowest BCUT2D eigenvalue weighted by Gasteiger charge is -2.26. The second kappa shape index (κ2) is 8.30. The Hall–Kier alpha value is -2.14. The van der Waals surface area contributed by atoms with E-state index in [1.165, 1.54) is 0 Å². The van der Waals surface area contributed by atoms with Gasteiger partial charge in [-0.15, -0.1) is 11.3 Å². The number of ketones is 1. The summed E-state index contributed by atoms with van der Waals surface area (Å²) in [5.41, 5.74) is 1.70. The molecule has 0 bridgehead atoms. The molecule has 0 N–H and O–H groups in total. The number of carbonyl (C=O) groups is 2. The highest BCUT2D eigenvalue weighted by atomic mass is 32.1. The molecule has 25 heavy (non-hydrogen) atoms. The number of thiophene rings is 1. The van der Waals surface area contributed by atoms with E-state index < -0.39 is 0 Å². The van der Waals surface area contributed by atoms with E-state index in [2.05, 4.69) is 0 Å². The zero-order chi connectivity index (χ0) is 18.6. The maximum atomic E-state index is 12.5. The van der Waals surface area contributed by atoms with Gasteiger partial charge in [0.05, 0.1) is 13.2 Å². The molecule has 0 fully saturated rings. The standard InChI is InChI=1S/C20H25NO3S/c1-13-12-17(15(3)25-13)18(22)10-11-20(23)21(4)14(2)16-8-6-7-9-19(16)24-5/h6-9,12,14H,10-11H2,1-5H3. The van der Waals surface area contributed by atoms with Gasteiger partial charge in [0.2, 0.25) is 5.91 Å². The Morgan fingerprint density at radius 3 is 2.48 bits per heavy atom. The van der Waals surface area contributed by atoms with Gasteiger partial charge in [0.1, 0.15) is 5.75 Å². The molecule has 4 nitrogen and oxygen atoms in total. The normalized spacial score (nSPS) is 11.9. The number of amides is 1. The minimum Gasteiger partial charge on any atom is -0.496 e. The van der Waals surface area contributed by atoms with E-state index in [0.717, 1.165) is 26.6 Å². The molecule has 2 aromatic rings. The number of hydrogen-bond acceptors (Lipinski definition) is 4. The van der Waals surface area contributed by atoms with Crippen molar-refractivity contribution in [3.63, 3.8) is 0 Å². The molecule has 0 radical (unpaired) electrons. The minimum atomic E-state index is -0.121. The average molecular weight is 359 g/mol. The van der Waals surface area contributed by atoms with Crippen molar-refractivity contribution in [2.75, 3.05) is 14.2 Å². The lowest BCUT2D eigenvalue weighted by molar-refractivity contribution is -0.131. The van der Waals surface area contributed by atoms with Crippen molar-refractivity contribution < 1.29 is 14.3 Å². The molecule has 2 rings (SSSR count). The molecule has 5 heteroatoms. The van der Waals surface area contributed by atoms with E-state index >= 15 is 0 Å². The fourth-order valence-electron chi connectivity index (χ4n) is 2.88. The van der Waals surface area contributed by atoms with Crippen molar-refractivity contribution in [3.05, 3.63) is 51.2 Å². The number of nitrogens with zero attached hydrogens (tertiary/aromatic N) is 1. The maximum absolute atomic E-state index is 12.5. The first-order chi connectivity index (χ1) is 11.8. The van der Waals surface area contributed by atoms with Gasteiger partial charge in [-0.2, -0.15) is 0 Å². The van der Waals surface area contributed by atoms with E-state index in [-0.39, 0.29) is 30.6 Å². The molecule has 1 aromatic heterocycles. The molecule has 0 aliphatic rings. The Bertz CT molecular complexity index is 766. The number of ether oxygens (including phenoxy) is 1. The molecule has 134 valence electrons. The molecule has 1 atom stereocenters. The van der Waals surface area contributed by atoms with Crippen LogP contribution < -0.4 is 4.74 Å². The van der Waals surface area contributed by atoms with Crippen LogP contribution >= 0.6 is 11.3 Å². The first-order valence-corrected chi connectivity index (χ1v) is 9.15. The van der Waals surface area contributed by atoms with Gasteiger partial charge in [-0.05, 0) is 32.9 Å². The molecule has 0 aliphatic heterocycles. The number of methoxy groups -OCH3 is 1. The summed E-state index contributed by atoms with van der Waals surface area (Å²) in [5, 5.41) is 0. The zero-order valence-electron chi connectivity index (χ0n) is 15.5. The van der Waals surface area contributed by atoms with Gasteiger partial charge in [0, 0.05) is 40.8 Å². The topological polar surface area (TPSA) is 46.6 Å². The summed E-state index contributed by atoms with van der Waals surface area (Å²) in [4.78, 5) is 28.7. The van der Waals surface area contributed by atoms with E-state index in [0.29, 0.717) is 0 Å². The SMILES string of the molecule is COc1ccccc1C(C)N(C)C(=O)CCC(=O)c1cc(C)sc1C. The van der Waals surface area contributed by atoms with Crippen LogP contribution in [0.4, 0.5) is 0 Å². The van der Waals surface area contributed by atoms with Crippen LogP contribution in [-0.4, -0.2) is 30.7 Å². The molecule has 0 saturated heterocycles. The monoisotopic (exact) mass is 359 g/mol. The van der Waals surface area contributed by atoms with E-state index in [9.17, 15) is 9.59 Å². The number of rotatable bonds is 7. The van der Waals surface area contributed by atoms with E-state index in [4.69, 9.17) is 4.74 Å². The number of benzene rings is 1. The Morgan fingerprint density at radius 2 is 1.88 bits per heavy atom. The average Bonchev–Trinajstić information content (AvgIpc) is 2.96. The Morgan fingerprint density at radius 1 is 1.20 bits per heavy atom. The summed E-state index contributed by atoms with van der Waals surface area (Å²) in [6.07, 6.45) is 0.446. The van der Waals surface area contributed by atoms with Gasteiger partial charge >= 0.3 is 0 Å². The summed E-state index contributed by atoms with van der Waals surface area (Å²) in [7, 11) is 3.39. The van der Waals surface area contributed by atoms with Gasteiger partial charge in [0.25, 0.3) is 0 Å². The third-order valence-electron chi connectivity index (χ3n) is 4.47. The van der Waals surface area contributed by atoms with Crippen LogP contribution in [0.25, 0.3) is 0 Å². The smallest absolute Gasteiger partial charge is 0.223 e. The van der Waals surface area contributed by atoms with Crippen LogP contribution in [0.5, 0.6) is 5.75 Å². The number of aryl methyl sites for hydroxylation is 2. The summed E-state index contributed by atoms with van der Waals surface area (Å²) in [6, 6.07) is 9.46. The quantitative estimate of drug-likeness (QED) is 0.681. The Labute approximate surface area is 153 Å². The summed E-state index contributed by atoms with van der Waals surface area (Å²) >= 11 is 1.61. The van der Waals surface area contributed by atoms with E-state index in [1.807, 2.05) is 51.1 Å². The van der Waals surface area contributed by atoms with Crippen molar-refractivity contribution in [2.45, 2.75) is 39.7 Å². The lowest BCUT2D eigenvalue weighted by Crippen LogP contribution is -2.30. The van der Waals surface area contributed by atoms with Crippen LogP contribution in [0.3, 0.4) is 0 Å². The number of para-hydroxylation sites is 1. The predicted octanol–water partition coefficient (Wildman–Crippen LogP) is 4.56. The lowest BCUT2D eigenvalue weighted by atomic mass is 10.0. The zero-order valence-corrected chi connectivity index (χ0v) is 16.3. The second-order valence-corrected chi connectivity index (χ2v) is 7.63. The van der Waals surface area contributed by atoms with E-state index in [1.54, 1.807) is 30.4 Å². The largest absolute Gasteiger partial charge is 0.496 e. The highest BCUT2D eigenvalue weighted by Crippen LogP contribution is 2.29. The maximum Gasteiger partial charge on any atom is 0.223 e. The van der Waals surface area contributed by atoms with Crippen molar-refractivity contribution in [2.24, 2.45) is 0 Å². The molecule has 1 aromatic carbocycles. The van der Waals surface area contributed by atoms with Crippen molar-refractivity contribution in [3.8, 4) is 5.75 Å². The van der Waals surface area contributed by atoms with Crippen LogP contribution in [0.1, 0.15) is 51.5 Å². The third kappa shape index (κ3) is 4.48. The molecule has 1 unspecified atom stereocenters. The Kier molecular flexibility index (Phi) is 6.37. The fraction of sp³-hybridized carbons (Fsp3) is 0.400. The summed E-state index contributed by atoms with van der Waals surface area (Å²) in [5.74, 6) is 0.750. The van der Waals surface area contributed by atoms with Gasteiger partial charge in [-0.3, -0.25) is 9.59 Å². The molecule has 0 aliphatic carbocycles. The highest BCUT2D eigenvalue weighted by molar-refractivity contribution is 7.12. The van der Waals surface area contributed by atoms with Crippen LogP contribution in [0.2, 0.25) is 0 Å². The van der Waals surface area contributed by atoms with Gasteiger partial charge in [-0.1, -0.05) is 18.2 Å². The second-order valence-electron chi connectivity index (χ2n) is 6.17. The molecular formula is C20H25NO3S. The highest BCUT2D eigenvalue weighted by Gasteiger charge is 2.21. The molecule has 1 heterocycles. The van der Waals surface area contributed by atoms with Crippen molar-refractivity contribution in [1.82, 2.24) is 4.90 Å². The van der Waals surface area contributed by atoms with Gasteiger partial charge in [-0.25, -0.2) is 0 Å². The third-order valence-corrected chi connectivity index (χ3v) is 5.44. The number of carbonyl (C=O) groups excluding carboxylic acids is 2. The minimum absolute atomic E-state index is 0.0357. The first kappa shape index (κ1) is 19.2. The van der Waals surface area contributed by atoms with Crippen molar-refractivity contribution in [1.29, 1.82) is 0 Å². The van der Waals surface area contributed by atoms with Gasteiger partial charge < -0.3 is 9.64 Å². The predicted molar refractivity (Wildman–Crippen MR) is 102 cm³/mol.